The van der Waals surface area contributed by atoms with Crippen LogP contribution >= 0.6 is 0 Å². The highest BCUT2D eigenvalue weighted by Gasteiger charge is 2.21. The molecule has 0 aliphatic rings. The number of furan rings is 1. The van der Waals surface area contributed by atoms with Crippen LogP contribution in [0.15, 0.2) is 53.2 Å². The lowest BCUT2D eigenvalue weighted by Crippen LogP contribution is -2.09. The SMILES string of the molecule is COc1ccc(C(=O)Oc2ccc([N+](=O)[O-])cc2)c2c1oc1cnncc12. The zero-order valence-corrected chi connectivity index (χ0v) is 13.9. The summed E-state index contributed by atoms with van der Waals surface area (Å²) in [6, 6.07) is 8.39. The van der Waals surface area contributed by atoms with Crippen molar-refractivity contribution in [2.75, 3.05) is 7.11 Å². The molecule has 9 heteroatoms. The van der Waals surface area contributed by atoms with Gasteiger partial charge in [0.2, 0.25) is 0 Å². The summed E-state index contributed by atoms with van der Waals surface area (Å²) >= 11 is 0. The Morgan fingerprint density at radius 2 is 1.85 bits per heavy atom. The van der Waals surface area contributed by atoms with E-state index in [1.54, 1.807) is 12.1 Å². The molecule has 0 aliphatic carbocycles. The van der Waals surface area contributed by atoms with Crippen LogP contribution in [-0.4, -0.2) is 28.2 Å². The van der Waals surface area contributed by atoms with Crippen LogP contribution in [0.1, 0.15) is 10.4 Å². The molecule has 4 rings (SSSR count). The number of methoxy groups -OCH3 is 1. The van der Waals surface area contributed by atoms with Gasteiger partial charge in [0.25, 0.3) is 5.69 Å². The third kappa shape index (κ3) is 2.80. The maximum absolute atomic E-state index is 12.7. The molecule has 0 unspecified atom stereocenters. The number of rotatable bonds is 4. The molecule has 0 saturated heterocycles. The standard InChI is InChI=1S/C18H11N3O6/c1-25-14-7-6-12(16-13-8-19-20-9-15(13)27-17(14)16)18(22)26-11-4-2-10(3-5-11)21(23)24/h2-9H,1H3. The van der Waals surface area contributed by atoms with Gasteiger partial charge in [-0.25, -0.2) is 4.79 Å². The summed E-state index contributed by atoms with van der Waals surface area (Å²) in [5, 5.41) is 19.4. The second kappa shape index (κ2) is 6.37. The molecule has 0 fully saturated rings. The van der Waals surface area contributed by atoms with Crippen LogP contribution in [0.5, 0.6) is 11.5 Å². The van der Waals surface area contributed by atoms with E-state index in [0.717, 1.165) is 0 Å². The van der Waals surface area contributed by atoms with Gasteiger partial charge >= 0.3 is 5.97 Å². The Labute approximate surface area is 151 Å². The minimum Gasteiger partial charge on any atom is -0.493 e. The number of carbonyl (C=O) groups excluding carboxylic acids is 1. The zero-order valence-electron chi connectivity index (χ0n) is 13.9. The number of hydrogen-bond donors (Lipinski definition) is 0. The molecule has 4 aromatic rings. The van der Waals surface area contributed by atoms with E-state index < -0.39 is 10.9 Å². The molecule has 0 aliphatic heterocycles. The molecule has 9 nitrogen and oxygen atoms in total. The molecule has 2 aromatic carbocycles. The van der Waals surface area contributed by atoms with Crippen LogP contribution in [0.4, 0.5) is 5.69 Å². The minimum absolute atomic E-state index is 0.0963. The van der Waals surface area contributed by atoms with Crippen molar-refractivity contribution in [3.63, 3.8) is 0 Å². The summed E-state index contributed by atoms with van der Waals surface area (Å²) in [5.74, 6) is -0.00809. The first-order chi connectivity index (χ1) is 13.1. The highest BCUT2D eigenvalue weighted by atomic mass is 16.6. The number of nitro benzene ring substituents is 1. The number of ether oxygens (including phenoxy) is 2. The molecule has 0 atom stereocenters. The molecular formula is C18H11N3O6. The maximum atomic E-state index is 12.7. The Balaban J connectivity index is 1.78. The summed E-state index contributed by atoms with van der Waals surface area (Å²) in [4.78, 5) is 22.9. The lowest BCUT2D eigenvalue weighted by Gasteiger charge is -2.07. The Morgan fingerprint density at radius 3 is 2.56 bits per heavy atom. The van der Waals surface area contributed by atoms with Gasteiger partial charge in [-0.05, 0) is 24.3 Å². The van der Waals surface area contributed by atoms with Crippen molar-refractivity contribution in [3.8, 4) is 11.5 Å². The predicted octanol–water partition coefficient (Wildman–Crippen LogP) is 3.51. The van der Waals surface area contributed by atoms with Gasteiger partial charge in [0.05, 0.1) is 35.4 Å². The summed E-state index contributed by atoms with van der Waals surface area (Å²) in [6.07, 6.45) is 2.93. The smallest absolute Gasteiger partial charge is 0.344 e. The second-order valence-corrected chi connectivity index (χ2v) is 5.53. The van der Waals surface area contributed by atoms with Crippen molar-refractivity contribution in [3.05, 3.63) is 64.5 Å². The Hall–Kier alpha value is -4.01. The predicted molar refractivity (Wildman–Crippen MR) is 93.9 cm³/mol. The van der Waals surface area contributed by atoms with Crippen LogP contribution in [0.2, 0.25) is 0 Å². The van der Waals surface area contributed by atoms with E-state index in [1.807, 2.05) is 0 Å². The zero-order chi connectivity index (χ0) is 19.0. The summed E-state index contributed by atoms with van der Waals surface area (Å²) in [7, 11) is 1.49. The van der Waals surface area contributed by atoms with E-state index in [0.29, 0.717) is 27.7 Å². The quantitative estimate of drug-likeness (QED) is 0.233. The van der Waals surface area contributed by atoms with Gasteiger partial charge in [-0.3, -0.25) is 10.1 Å². The third-order valence-corrected chi connectivity index (χ3v) is 3.99. The Morgan fingerprint density at radius 1 is 1.11 bits per heavy atom. The third-order valence-electron chi connectivity index (χ3n) is 3.99. The van der Waals surface area contributed by atoms with Crippen LogP contribution in [0.25, 0.3) is 21.9 Å². The molecule has 27 heavy (non-hydrogen) atoms. The van der Waals surface area contributed by atoms with Crippen LogP contribution < -0.4 is 9.47 Å². The number of esters is 1. The van der Waals surface area contributed by atoms with Crippen molar-refractivity contribution in [1.29, 1.82) is 0 Å². The Bertz CT molecular complexity index is 1180. The van der Waals surface area contributed by atoms with Crippen molar-refractivity contribution < 1.29 is 23.6 Å². The number of fused-ring (bicyclic) bond motifs is 3. The number of benzene rings is 2. The average molecular weight is 365 g/mol. The lowest BCUT2D eigenvalue weighted by molar-refractivity contribution is -0.384. The van der Waals surface area contributed by atoms with Crippen LogP contribution in [0, 0.1) is 10.1 Å². The number of hydrogen-bond acceptors (Lipinski definition) is 8. The highest BCUT2D eigenvalue weighted by Crippen LogP contribution is 2.36. The van der Waals surface area contributed by atoms with Crippen molar-refractivity contribution >= 4 is 33.6 Å². The number of carbonyl (C=O) groups is 1. The largest absolute Gasteiger partial charge is 0.493 e. The molecule has 134 valence electrons. The lowest BCUT2D eigenvalue weighted by atomic mass is 10.1. The van der Waals surface area contributed by atoms with E-state index in [-0.39, 0.29) is 17.0 Å². The molecule has 0 bridgehead atoms. The van der Waals surface area contributed by atoms with E-state index in [1.165, 1.54) is 43.8 Å². The normalized spacial score (nSPS) is 10.9. The molecule has 0 saturated carbocycles. The van der Waals surface area contributed by atoms with E-state index in [2.05, 4.69) is 10.2 Å². The number of aromatic nitrogens is 2. The fraction of sp³-hybridized carbons (Fsp3) is 0.0556. The first kappa shape index (κ1) is 16.5. The van der Waals surface area contributed by atoms with E-state index in [9.17, 15) is 14.9 Å². The molecule has 0 spiro atoms. The maximum Gasteiger partial charge on any atom is 0.344 e. The van der Waals surface area contributed by atoms with Gasteiger partial charge < -0.3 is 13.9 Å². The van der Waals surface area contributed by atoms with E-state index >= 15 is 0 Å². The molecule has 0 amide bonds. The summed E-state index contributed by atoms with van der Waals surface area (Å²) < 4.78 is 16.4. The van der Waals surface area contributed by atoms with Crippen molar-refractivity contribution in [2.24, 2.45) is 0 Å². The molecule has 0 radical (unpaired) electrons. The highest BCUT2D eigenvalue weighted by molar-refractivity contribution is 6.16. The Kier molecular flexibility index (Phi) is 3.88. The van der Waals surface area contributed by atoms with Gasteiger partial charge in [-0.2, -0.15) is 10.2 Å². The first-order valence-electron chi connectivity index (χ1n) is 7.75. The van der Waals surface area contributed by atoms with Crippen molar-refractivity contribution in [2.45, 2.75) is 0 Å². The average Bonchev–Trinajstić information content (AvgIpc) is 3.07. The number of non-ortho nitro benzene ring substituents is 1. The second-order valence-electron chi connectivity index (χ2n) is 5.53. The monoisotopic (exact) mass is 365 g/mol. The van der Waals surface area contributed by atoms with Gasteiger partial charge in [0, 0.05) is 17.5 Å². The van der Waals surface area contributed by atoms with Crippen LogP contribution in [0.3, 0.4) is 0 Å². The van der Waals surface area contributed by atoms with Gasteiger partial charge in [0.15, 0.2) is 16.9 Å². The fourth-order valence-corrected chi connectivity index (χ4v) is 2.75. The van der Waals surface area contributed by atoms with E-state index in [4.69, 9.17) is 13.9 Å². The first-order valence-corrected chi connectivity index (χ1v) is 7.75. The molecule has 2 aromatic heterocycles. The molecule has 2 heterocycles. The van der Waals surface area contributed by atoms with Gasteiger partial charge in [0.1, 0.15) is 5.75 Å². The molecular weight excluding hydrogens is 354 g/mol. The van der Waals surface area contributed by atoms with Gasteiger partial charge in [-0.15, -0.1) is 0 Å². The number of nitro groups is 1. The topological polar surface area (TPSA) is 118 Å². The fourth-order valence-electron chi connectivity index (χ4n) is 2.75. The van der Waals surface area contributed by atoms with Crippen molar-refractivity contribution in [1.82, 2.24) is 10.2 Å². The molecule has 0 N–H and O–H groups in total. The van der Waals surface area contributed by atoms with Crippen LogP contribution in [-0.2, 0) is 0 Å². The summed E-state index contributed by atoms with van der Waals surface area (Å²) in [6.45, 7) is 0. The van der Waals surface area contributed by atoms with Gasteiger partial charge in [-0.1, -0.05) is 0 Å². The number of nitrogens with zero attached hydrogens (tertiary/aromatic N) is 3. The summed E-state index contributed by atoms with van der Waals surface area (Å²) in [5.41, 5.74) is 0.978. The minimum atomic E-state index is -0.643.